The molecular weight excluding hydrogens is 505 g/mol. The fourth-order valence-corrected chi connectivity index (χ4v) is 5.25. The molecule has 2 aliphatic heterocycles. The van der Waals surface area contributed by atoms with Gasteiger partial charge in [-0.15, -0.1) is 0 Å². The highest BCUT2D eigenvalue weighted by Gasteiger charge is 2.36. The summed E-state index contributed by atoms with van der Waals surface area (Å²) in [5.74, 6) is -0.828. The fourth-order valence-electron chi connectivity index (χ4n) is 5.25. The lowest BCUT2D eigenvalue weighted by molar-refractivity contribution is -0.162. The first-order valence-electron chi connectivity index (χ1n) is 13.6. The summed E-state index contributed by atoms with van der Waals surface area (Å²) in [6.45, 7) is 7.80. The second-order valence-corrected chi connectivity index (χ2v) is 11.2. The van der Waals surface area contributed by atoms with E-state index in [4.69, 9.17) is 4.74 Å². The zero-order valence-electron chi connectivity index (χ0n) is 22.8. The number of para-hydroxylation sites is 1. The number of hydrogen-bond acceptors (Lipinski definition) is 4. The van der Waals surface area contributed by atoms with Gasteiger partial charge in [0.25, 0.3) is 0 Å². The van der Waals surface area contributed by atoms with Gasteiger partial charge in [-0.3, -0.25) is 9.59 Å². The number of benzene rings is 2. The number of amides is 1. The van der Waals surface area contributed by atoms with E-state index in [1.165, 1.54) is 18.2 Å². The average Bonchev–Trinajstić information content (AvgIpc) is 2.90. The molecule has 0 N–H and O–H groups in total. The van der Waals surface area contributed by atoms with Gasteiger partial charge in [0.15, 0.2) is 0 Å². The number of alkyl halides is 3. The van der Waals surface area contributed by atoms with E-state index in [1.54, 1.807) is 23.1 Å². The van der Waals surface area contributed by atoms with Crippen molar-refractivity contribution in [2.24, 2.45) is 5.92 Å². The standard InChI is InChI=1S/C31H36F3N2O3/c1-30(2,3)39-29(38)23-16-20-36(21-17-23)27(37)15-14-22-10-9-12-25(31(32,33)34)28(22)24-11-5-6-13-26(24)35-18-7-4-8-19-35/h5-6,9-11,13-15,23H,4,7-8,16-21H2,1-3H3/b15-14+. The van der Waals surface area contributed by atoms with Crippen molar-refractivity contribution in [3.05, 3.63) is 59.7 Å². The average molecular weight is 542 g/mol. The number of esters is 1. The molecule has 0 bridgehead atoms. The number of carbonyl (C=O) groups excluding carboxylic acids is 2. The minimum absolute atomic E-state index is 0.0267. The topological polar surface area (TPSA) is 49.9 Å². The molecule has 0 unspecified atom stereocenters. The van der Waals surface area contributed by atoms with E-state index in [2.05, 4.69) is 11.0 Å². The lowest BCUT2D eigenvalue weighted by Gasteiger charge is -2.32. The van der Waals surface area contributed by atoms with E-state index < -0.39 is 17.3 Å². The van der Waals surface area contributed by atoms with E-state index >= 15 is 0 Å². The minimum atomic E-state index is -4.61. The molecule has 0 atom stereocenters. The molecule has 4 rings (SSSR count). The van der Waals surface area contributed by atoms with Gasteiger partial charge in [-0.1, -0.05) is 30.3 Å². The van der Waals surface area contributed by atoms with Crippen molar-refractivity contribution in [1.29, 1.82) is 0 Å². The van der Waals surface area contributed by atoms with Crippen molar-refractivity contribution in [1.82, 2.24) is 4.90 Å². The number of halogens is 3. The van der Waals surface area contributed by atoms with Gasteiger partial charge in [0, 0.05) is 49.1 Å². The summed E-state index contributed by atoms with van der Waals surface area (Å²) in [4.78, 5) is 29.2. The Hall–Kier alpha value is -3.29. The molecule has 2 aliphatic rings. The van der Waals surface area contributed by atoms with Crippen molar-refractivity contribution < 1.29 is 27.5 Å². The Kier molecular flexibility index (Phi) is 8.72. The zero-order chi connectivity index (χ0) is 28.2. The molecular formula is C31H36F3N2O3. The number of nitrogens with zero attached hydrogens (tertiary/aromatic N) is 2. The third-order valence-corrected chi connectivity index (χ3v) is 7.14. The van der Waals surface area contributed by atoms with Crippen molar-refractivity contribution in [2.75, 3.05) is 31.1 Å². The van der Waals surface area contributed by atoms with Crippen molar-refractivity contribution >= 4 is 23.6 Å². The second-order valence-electron chi connectivity index (χ2n) is 11.2. The van der Waals surface area contributed by atoms with Gasteiger partial charge in [0.1, 0.15) is 5.60 Å². The monoisotopic (exact) mass is 541 g/mol. The molecule has 2 aromatic carbocycles. The van der Waals surface area contributed by atoms with Gasteiger partial charge >= 0.3 is 12.1 Å². The predicted molar refractivity (Wildman–Crippen MR) is 146 cm³/mol. The van der Waals surface area contributed by atoms with E-state index in [1.807, 2.05) is 32.9 Å². The van der Waals surface area contributed by atoms with Crippen LogP contribution in [0.5, 0.6) is 0 Å². The molecule has 0 spiro atoms. The summed E-state index contributed by atoms with van der Waals surface area (Å²) in [7, 11) is 0. The molecule has 0 saturated carbocycles. The molecule has 209 valence electrons. The lowest BCUT2D eigenvalue weighted by atomic mass is 9.91. The third kappa shape index (κ3) is 7.22. The Morgan fingerprint density at radius 3 is 2.28 bits per heavy atom. The summed E-state index contributed by atoms with van der Waals surface area (Å²) in [6, 6.07) is 12.4. The fraction of sp³-hybridized carbons (Fsp3) is 0.484. The first-order chi connectivity index (χ1) is 18.4. The highest BCUT2D eigenvalue weighted by molar-refractivity contribution is 5.95. The number of anilines is 1. The lowest BCUT2D eigenvalue weighted by Crippen LogP contribution is -2.41. The van der Waals surface area contributed by atoms with Crippen LogP contribution >= 0.6 is 0 Å². The molecule has 8 heteroatoms. The maximum atomic E-state index is 14.2. The van der Waals surface area contributed by atoms with Crippen LogP contribution in [0.2, 0.25) is 0 Å². The molecule has 2 saturated heterocycles. The van der Waals surface area contributed by atoms with Crippen LogP contribution < -0.4 is 4.90 Å². The van der Waals surface area contributed by atoms with Crippen molar-refractivity contribution in [2.45, 2.75) is 64.7 Å². The summed E-state index contributed by atoms with van der Waals surface area (Å²) < 4.78 is 48.1. The molecule has 2 heterocycles. The first kappa shape index (κ1) is 28.7. The van der Waals surface area contributed by atoms with Crippen LogP contribution in [-0.2, 0) is 20.5 Å². The van der Waals surface area contributed by atoms with Gasteiger partial charge < -0.3 is 14.5 Å². The number of piperidine rings is 2. The Bertz CT molecular complexity index is 1200. The summed E-state index contributed by atoms with van der Waals surface area (Å²) >= 11 is 0. The summed E-state index contributed by atoms with van der Waals surface area (Å²) in [5, 5.41) is 0. The van der Waals surface area contributed by atoms with Gasteiger partial charge in [0.05, 0.1) is 11.5 Å². The van der Waals surface area contributed by atoms with Crippen molar-refractivity contribution in [3.63, 3.8) is 0 Å². The second kappa shape index (κ2) is 11.8. The third-order valence-electron chi connectivity index (χ3n) is 7.14. The number of likely N-dealkylation sites (tertiary alicyclic amines) is 1. The van der Waals surface area contributed by atoms with Crippen LogP contribution in [-0.4, -0.2) is 48.6 Å². The number of carbonyl (C=O) groups is 2. The summed E-state index contributed by atoms with van der Waals surface area (Å²) in [5.41, 5.74) is 0.155. The normalized spacial score (nSPS) is 17.5. The van der Waals surface area contributed by atoms with Crippen LogP contribution in [0.4, 0.5) is 18.9 Å². The maximum absolute atomic E-state index is 14.2. The van der Waals surface area contributed by atoms with E-state index in [0.717, 1.165) is 38.0 Å². The highest BCUT2D eigenvalue weighted by Crippen LogP contribution is 2.43. The predicted octanol–water partition coefficient (Wildman–Crippen LogP) is 6.76. The largest absolute Gasteiger partial charge is 0.460 e. The van der Waals surface area contributed by atoms with Gasteiger partial charge in [-0.05, 0) is 76.6 Å². The van der Waals surface area contributed by atoms with Gasteiger partial charge in [0.2, 0.25) is 5.91 Å². The SMILES string of the molecule is CC(C)(C)OC(=O)C1CCN(C(=O)/C=C/c2cc[c]c(C(F)(F)F)c2-c2ccccc2N2CCCCC2)CC1. The van der Waals surface area contributed by atoms with Gasteiger partial charge in [-0.2, -0.15) is 13.2 Å². The summed E-state index contributed by atoms with van der Waals surface area (Å²) in [6.07, 6.45) is 2.26. The van der Waals surface area contributed by atoms with E-state index in [0.29, 0.717) is 37.1 Å². The van der Waals surface area contributed by atoms with Crippen molar-refractivity contribution in [3.8, 4) is 11.1 Å². The Morgan fingerprint density at radius 2 is 1.64 bits per heavy atom. The van der Waals surface area contributed by atoms with Crippen LogP contribution in [0.3, 0.4) is 0 Å². The minimum Gasteiger partial charge on any atom is -0.460 e. The Morgan fingerprint density at radius 1 is 0.974 bits per heavy atom. The Balaban J connectivity index is 1.58. The maximum Gasteiger partial charge on any atom is 0.417 e. The zero-order valence-corrected chi connectivity index (χ0v) is 22.8. The number of rotatable bonds is 5. The molecule has 0 aliphatic carbocycles. The van der Waals surface area contributed by atoms with Crippen LogP contribution in [0, 0.1) is 12.0 Å². The molecule has 5 nitrogen and oxygen atoms in total. The van der Waals surface area contributed by atoms with Gasteiger partial charge in [-0.25, -0.2) is 0 Å². The quantitative estimate of drug-likeness (QED) is 0.310. The molecule has 2 aromatic rings. The van der Waals surface area contributed by atoms with E-state index in [9.17, 15) is 22.8 Å². The molecule has 1 amide bonds. The molecule has 1 radical (unpaired) electrons. The number of ether oxygens (including phenoxy) is 1. The Labute approximate surface area is 228 Å². The van der Waals surface area contributed by atoms with Crippen LogP contribution in [0.15, 0.2) is 42.5 Å². The van der Waals surface area contributed by atoms with E-state index in [-0.39, 0.29) is 23.4 Å². The molecule has 39 heavy (non-hydrogen) atoms. The molecule has 0 aromatic heterocycles. The first-order valence-corrected chi connectivity index (χ1v) is 13.6. The van der Waals surface area contributed by atoms with Crippen LogP contribution in [0.1, 0.15) is 64.0 Å². The smallest absolute Gasteiger partial charge is 0.417 e. The van der Waals surface area contributed by atoms with Crippen LogP contribution in [0.25, 0.3) is 17.2 Å². The highest BCUT2D eigenvalue weighted by atomic mass is 19.4. The number of hydrogen-bond donors (Lipinski definition) is 0. The molecule has 2 fully saturated rings.